The second kappa shape index (κ2) is 5.72. The zero-order valence-corrected chi connectivity index (χ0v) is 12.4. The molecule has 1 aromatic rings. The maximum atomic E-state index is 12.9. The molecule has 0 aliphatic heterocycles. The topological polar surface area (TPSA) is 29.1 Å². The predicted molar refractivity (Wildman–Crippen MR) is 75.8 cm³/mol. The van der Waals surface area contributed by atoms with Crippen LogP contribution in [0.3, 0.4) is 0 Å². The summed E-state index contributed by atoms with van der Waals surface area (Å²) in [5.41, 5.74) is 0.361. The van der Waals surface area contributed by atoms with Gasteiger partial charge in [-0.05, 0) is 36.6 Å². The fourth-order valence-corrected chi connectivity index (χ4v) is 2.80. The number of Topliss-reactive ketones (excluding diaryl/α,β-unsaturated/α-hetero) is 1. The van der Waals surface area contributed by atoms with Crippen LogP contribution in [0, 0.1) is 5.92 Å². The third kappa shape index (κ3) is 3.07. The molecule has 0 spiro atoms. The van der Waals surface area contributed by atoms with E-state index in [-0.39, 0.29) is 22.3 Å². The summed E-state index contributed by atoms with van der Waals surface area (Å²) < 4.78 is 38.6. The van der Waals surface area contributed by atoms with Crippen LogP contribution in [0.5, 0.6) is 0 Å². The molecular formula is C15H15ClF3NO. The van der Waals surface area contributed by atoms with Crippen molar-refractivity contribution >= 4 is 23.0 Å². The molecule has 0 aromatic heterocycles. The Morgan fingerprint density at radius 3 is 2.52 bits per heavy atom. The Hall–Kier alpha value is -1.49. The average molecular weight is 318 g/mol. The second-order valence-electron chi connectivity index (χ2n) is 5.00. The van der Waals surface area contributed by atoms with Gasteiger partial charge < -0.3 is 5.32 Å². The predicted octanol–water partition coefficient (Wildman–Crippen LogP) is 4.29. The van der Waals surface area contributed by atoms with Gasteiger partial charge in [0.2, 0.25) is 0 Å². The minimum absolute atomic E-state index is 0.0319. The summed E-state index contributed by atoms with van der Waals surface area (Å²) in [7, 11) is 1.66. The van der Waals surface area contributed by atoms with E-state index in [4.69, 9.17) is 11.6 Å². The van der Waals surface area contributed by atoms with Crippen molar-refractivity contribution in [3.05, 3.63) is 40.0 Å². The van der Waals surface area contributed by atoms with Gasteiger partial charge in [0, 0.05) is 29.3 Å². The van der Waals surface area contributed by atoms with Gasteiger partial charge in [0.15, 0.2) is 5.78 Å². The van der Waals surface area contributed by atoms with E-state index in [9.17, 15) is 18.0 Å². The lowest BCUT2D eigenvalue weighted by atomic mass is 9.96. The summed E-state index contributed by atoms with van der Waals surface area (Å²) in [5.74, 6) is -0.312. The lowest BCUT2D eigenvalue weighted by molar-refractivity contribution is -0.137. The molecule has 0 saturated heterocycles. The van der Waals surface area contributed by atoms with Gasteiger partial charge in [0.25, 0.3) is 0 Å². The van der Waals surface area contributed by atoms with Crippen molar-refractivity contribution in [1.82, 2.24) is 5.32 Å². The Kier molecular flexibility index (Phi) is 4.33. The maximum absolute atomic E-state index is 12.9. The average Bonchev–Trinajstić information content (AvgIpc) is 2.73. The number of benzene rings is 1. The van der Waals surface area contributed by atoms with Crippen molar-refractivity contribution in [2.75, 3.05) is 7.05 Å². The SMILES string of the molecule is CCC1CC(NC)=C(c2cc(Cl)cc(C(F)(F)F)c2)C1=O. The number of allylic oxidation sites excluding steroid dienone is 2. The van der Waals surface area contributed by atoms with E-state index in [1.54, 1.807) is 7.05 Å². The minimum atomic E-state index is -4.49. The third-order valence-corrected chi connectivity index (χ3v) is 3.90. The number of ketones is 1. The number of carbonyl (C=O) groups excluding carboxylic acids is 1. The van der Waals surface area contributed by atoms with Crippen LogP contribution in [0.1, 0.15) is 30.9 Å². The van der Waals surface area contributed by atoms with Gasteiger partial charge in [-0.3, -0.25) is 4.79 Å². The van der Waals surface area contributed by atoms with E-state index in [0.717, 1.165) is 12.1 Å². The summed E-state index contributed by atoms with van der Waals surface area (Å²) in [6.45, 7) is 1.89. The van der Waals surface area contributed by atoms with Gasteiger partial charge in [-0.2, -0.15) is 13.2 Å². The van der Waals surface area contributed by atoms with Crippen LogP contribution in [0.4, 0.5) is 13.2 Å². The Bertz CT molecular complexity index is 607. The highest BCUT2D eigenvalue weighted by molar-refractivity contribution is 6.31. The van der Waals surface area contributed by atoms with Gasteiger partial charge in [0.1, 0.15) is 0 Å². The Labute approximate surface area is 126 Å². The van der Waals surface area contributed by atoms with Crippen molar-refractivity contribution in [2.24, 2.45) is 5.92 Å². The third-order valence-electron chi connectivity index (χ3n) is 3.68. The Morgan fingerprint density at radius 2 is 2.00 bits per heavy atom. The van der Waals surface area contributed by atoms with E-state index in [2.05, 4.69) is 5.32 Å². The number of hydrogen-bond donors (Lipinski definition) is 1. The quantitative estimate of drug-likeness (QED) is 0.901. The molecule has 1 N–H and O–H groups in total. The number of rotatable bonds is 3. The number of nitrogens with one attached hydrogen (secondary N) is 1. The van der Waals surface area contributed by atoms with Crippen LogP contribution in [0.15, 0.2) is 23.9 Å². The van der Waals surface area contributed by atoms with E-state index in [0.29, 0.717) is 24.1 Å². The lowest BCUT2D eigenvalue weighted by Gasteiger charge is -2.12. The van der Waals surface area contributed by atoms with E-state index in [1.807, 2.05) is 6.92 Å². The van der Waals surface area contributed by atoms with E-state index in [1.165, 1.54) is 6.07 Å². The summed E-state index contributed by atoms with van der Waals surface area (Å²) in [6.07, 6.45) is -3.32. The van der Waals surface area contributed by atoms with Crippen LogP contribution < -0.4 is 5.32 Å². The molecule has 6 heteroatoms. The smallest absolute Gasteiger partial charge is 0.391 e. The number of carbonyl (C=O) groups is 1. The highest BCUT2D eigenvalue weighted by atomic mass is 35.5. The molecule has 2 nitrogen and oxygen atoms in total. The molecule has 1 unspecified atom stereocenters. The molecule has 2 rings (SSSR count). The lowest BCUT2D eigenvalue weighted by Crippen LogP contribution is -2.10. The molecule has 0 fully saturated rings. The van der Waals surface area contributed by atoms with E-state index >= 15 is 0 Å². The van der Waals surface area contributed by atoms with Crippen molar-refractivity contribution in [2.45, 2.75) is 25.9 Å². The molecule has 1 atom stereocenters. The first kappa shape index (κ1) is 15.9. The van der Waals surface area contributed by atoms with Crippen LogP contribution in [-0.4, -0.2) is 12.8 Å². The van der Waals surface area contributed by atoms with Crippen molar-refractivity contribution in [3.8, 4) is 0 Å². The summed E-state index contributed by atoms with van der Waals surface area (Å²) in [5, 5.41) is 2.89. The molecule has 1 aliphatic rings. The number of alkyl halides is 3. The molecule has 1 aliphatic carbocycles. The highest BCUT2D eigenvalue weighted by Crippen LogP contribution is 2.39. The highest BCUT2D eigenvalue weighted by Gasteiger charge is 2.35. The summed E-state index contributed by atoms with van der Waals surface area (Å²) in [4.78, 5) is 12.4. The molecule has 114 valence electrons. The fraction of sp³-hybridized carbons (Fsp3) is 0.400. The normalized spacial score (nSPS) is 19.3. The summed E-state index contributed by atoms with van der Waals surface area (Å²) >= 11 is 5.79. The maximum Gasteiger partial charge on any atom is 0.416 e. The minimum Gasteiger partial charge on any atom is -0.391 e. The first-order chi connectivity index (χ1) is 9.77. The van der Waals surface area contributed by atoms with Gasteiger partial charge >= 0.3 is 6.18 Å². The molecule has 1 aromatic carbocycles. The van der Waals surface area contributed by atoms with Gasteiger partial charge in [-0.15, -0.1) is 0 Å². The fourth-order valence-electron chi connectivity index (χ4n) is 2.56. The zero-order valence-electron chi connectivity index (χ0n) is 11.6. The molecule has 0 saturated carbocycles. The van der Waals surface area contributed by atoms with Gasteiger partial charge in [0.05, 0.1) is 5.56 Å². The van der Waals surface area contributed by atoms with Crippen molar-refractivity contribution < 1.29 is 18.0 Å². The monoisotopic (exact) mass is 317 g/mol. The number of hydrogen-bond acceptors (Lipinski definition) is 2. The Morgan fingerprint density at radius 1 is 1.33 bits per heavy atom. The largest absolute Gasteiger partial charge is 0.416 e. The van der Waals surface area contributed by atoms with Crippen LogP contribution in [-0.2, 0) is 11.0 Å². The second-order valence-corrected chi connectivity index (χ2v) is 5.44. The summed E-state index contributed by atoms with van der Waals surface area (Å²) in [6, 6.07) is 3.25. The number of halogens is 4. The van der Waals surface area contributed by atoms with E-state index < -0.39 is 11.7 Å². The first-order valence-electron chi connectivity index (χ1n) is 6.61. The van der Waals surface area contributed by atoms with Crippen molar-refractivity contribution in [3.63, 3.8) is 0 Å². The van der Waals surface area contributed by atoms with Crippen LogP contribution in [0.2, 0.25) is 5.02 Å². The van der Waals surface area contributed by atoms with Crippen LogP contribution in [0.25, 0.3) is 5.57 Å². The molecule has 0 amide bonds. The first-order valence-corrected chi connectivity index (χ1v) is 6.99. The molecule has 0 bridgehead atoms. The van der Waals surface area contributed by atoms with Gasteiger partial charge in [-0.25, -0.2) is 0 Å². The molecule has 0 heterocycles. The Balaban J connectivity index is 2.55. The molecule has 0 radical (unpaired) electrons. The van der Waals surface area contributed by atoms with Crippen LogP contribution >= 0.6 is 11.6 Å². The standard InChI is InChI=1S/C15H15ClF3NO/c1-3-8-6-12(20-2)13(14(8)21)9-4-10(15(17,18)19)7-11(16)5-9/h4-5,7-8,20H,3,6H2,1-2H3. The van der Waals surface area contributed by atoms with Crippen molar-refractivity contribution in [1.29, 1.82) is 0 Å². The molecule has 21 heavy (non-hydrogen) atoms. The van der Waals surface area contributed by atoms with Gasteiger partial charge in [-0.1, -0.05) is 18.5 Å². The zero-order chi connectivity index (χ0) is 15.8. The molecular weight excluding hydrogens is 303 g/mol.